The molecule has 1 aliphatic rings. The first-order chi connectivity index (χ1) is 11.8. The van der Waals surface area contributed by atoms with E-state index >= 15 is 0 Å². The van der Waals surface area contributed by atoms with E-state index in [-0.39, 0.29) is 30.2 Å². The second-order valence-corrected chi connectivity index (χ2v) is 6.89. The highest BCUT2D eigenvalue weighted by atomic mass is 32.2. The maximum Gasteiger partial charge on any atom is 0.320 e. The van der Waals surface area contributed by atoms with Crippen LogP contribution in [0.15, 0.2) is 23.1 Å². The van der Waals surface area contributed by atoms with Gasteiger partial charge in [-0.25, -0.2) is 0 Å². The number of carbonyl (C=O) groups is 2. The van der Waals surface area contributed by atoms with Gasteiger partial charge >= 0.3 is 5.97 Å². The largest absolute Gasteiger partial charge is 0.480 e. The van der Waals surface area contributed by atoms with Gasteiger partial charge in [0.15, 0.2) is 5.78 Å². The third kappa shape index (κ3) is 5.52. The molecule has 1 saturated carbocycles. The van der Waals surface area contributed by atoms with Crippen molar-refractivity contribution in [2.45, 2.75) is 49.6 Å². The molecule has 2 unspecified atom stereocenters. The number of hydrogen-bond donors (Lipinski definition) is 2. The summed E-state index contributed by atoms with van der Waals surface area (Å²) in [5.74, 6) is -1.31. The maximum absolute atomic E-state index is 12.3. The molecular weight excluding hydrogens is 348 g/mol. The molecule has 0 radical (unpaired) electrons. The summed E-state index contributed by atoms with van der Waals surface area (Å²) in [6.07, 6.45) is 1.00. The third-order valence-electron chi connectivity index (χ3n) is 3.92. The lowest BCUT2D eigenvalue weighted by Gasteiger charge is -2.16. The number of nitro groups is 1. The fourth-order valence-corrected chi connectivity index (χ4v) is 3.14. The van der Waals surface area contributed by atoms with Crippen LogP contribution in [0, 0.1) is 23.0 Å². The summed E-state index contributed by atoms with van der Waals surface area (Å²) < 4.78 is 5.58. The van der Waals surface area contributed by atoms with Crippen LogP contribution in [0.5, 0.6) is 0 Å². The van der Waals surface area contributed by atoms with Crippen LogP contribution in [0.2, 0.25) is 0 Å². The molecule has 2 atom stereocenters. The highest BCUT2D eigenvalue weighted by Gasteiger charge is 2.36. The van der Waals surface area contributed by atoms with E-state index in [1.807, 2.05) is 0 Å². The molecule has 2 rings (SSSR count). The molecule has 1 aromatic carbocycles. The molecule has 0 bridgehead atoms. The fraction of sp³-hybridized carbons (Fsp3) is 0.500. The molecule has 3 N–H and O–H groups in total. The summed E-state index contributed by atoms with van der Waals surface area (Å²) >= 11 is 0.780. The number of ketones is 1. The van der Waals surface area contributed by atoms with Gasteiger partial charge in [0.1, 0.15) is 17.0 Å². The molecular formula is C16H20N2O6S. The first-order valence-electron chi connectivity index (χ1n) is 7.90. The number of rotatable bonds is 10. The van der Waals surface area contributed by atoms with Crippen LogP contribution >= 0.6 is 12.0 Å². The van der Waals surface area contributed by atoms with E-state index in [1.54, 1.807) is 19.1 Å². The SMILES string of the molecule is Cc1ccc([N+](=O)[O-])c(SOC(CCC(N)C(=O)O)C(=O)C2CC2)c1. The number of carboxylic acid groups (broad SMARTS) is 1. The van der Waals surface area contributed by atoms with Crippen molar-refractivity contribution in [1.29, 1.82) is 0 Å². The zero-order chi connectivity index (χ0) is 18.6. The molecule has 0 spiro atoms. The van der Waals surface area contributed by atoms with Crippen molar-refractivity contribution in [3.8, 4) is 0 Å². The van der Waals surface area contributed by atoms with E-state index in [9.17, 15) is 19.7 Å². The molecule has 0 saturated heterocycles. The predicted molar refractivity (Wildman–Crippen MR) is 91.1 cm³/mol. The number of aliphatic carboxylic acids is 1. The second-order valence-electron chi connectivity index (χ2n) is 6.10. The zero-order valence-corrected chi connectivity index (χ0v) is 14.5. The summed E-state index contributed by atoms with van der Waals surface area (Å²) in [5.41, 5.74) is 6.21. The molecule has 0 aliphatic heterocycles. The Bertz CT molecular complexity index is 677. The van der Waals surface area contributed by atoms with Gasteiger partial charge in [-0.1, -0.05) is 6.07 Å². The van der Waals surface area contributed by atoms with Crippen LogP contribution in [0.3, 0.4) is 0 Å². The number of Topliss-reactive ketones (excluding diaryl/α,β-unsaturated/α-hetero) is 1. The standard InChI is InChI=1S/C16H20N2O6S/c1-9-2-6-12(18(22)23)14(8-9)25-24-13(15(19)10-3-4-10)7-5-11(17)16(20)21/h2,6,8,10-11,13H,3-5,7,17H2,1H3,(H,20,21). The molecule has 9 heteroatoms. The number of nitro benzene ring substituents is 1. The van der Waals surface area contributed by atoms with Gasteiger partial charge in [0.05, 0.1) is 4.92 Å². The minimum Gasteiger partial charge on any atom is -0.480 e. The molecule has 0 heterocycles. The summed E-state index contributed by atoms with van der Waals surface area (Å²) in [6.45, 7) is 1.80. The maximum atomic E-state index is 12.3. The normalized spacial score (nSPS) is 16.2. The molecule has 136 valence electrons. The van der Waals surface area contributed by atoms with Crippen molar-refractivity contribution in [3.63, 3.8) is 0 Å². The Morgan fingerprint density at radius 1 is 1.44 bits per heavy atom. The fourth-order valence-electron chi connectivity index (χ4n) is 2.27. The Morgan fingerprint density at radius 2 is 2.12 bits per heavy atom. The van der Waals surface area contributed by atoms with Gasteiger partial charge in [0.25, 0.3) is 5.69 Å². The molecule has 1 fully saturated rings. The average Bonchev–Trinajstić information content (AvgIpc) is 3.38. The zero-order valence-electron chi connectivity index (χ0n) is 13.7. The number of nitrogens with zero attached hydrogens (tertiary/aromatic N) is 1. The molecule has 1 aromatic rings. The van der Waals surface area contributed by atoms with Crippen molar-refractivity contribution in [3.05, 3.63) is 33.9 Å². The minimum absolute atomic E-state index is 0.0702. The first-order valence-corrected chi connectivity index (χ1v) is 8.64. The van der Waals surface area contributed by atoms with Crippen LogP contribution < -0.4 is 5.73 Å². The highest BCUT2D eigenvalue weighted by Crippen LogP contribution is 2.36. The molecule has 8 nitrogen and oxygen atoms in total. The summed E-state index contributed by atoms with van der Waals surface area (Å²) in [6, 6.07) is 3.56. The van der Waals surface area contributed by atoms with E-state index in [2.05, 4.69) is 0 Å². The predicted octanol–water partition coefficient (Wildman–Crippen LogP) is 2.47. The quantitative estimate of drug-likeness (QED) is 0.365. The summed E-state index contributed by atoms with van der Waals surface area (Å²) in [5, 5.41) is 20.0. The van der Waals surface area contributed by atoms with E-state index in [1.165, 1.54) is 6.07 Å². The van der Waals surface area contributed by atoms with Gasteiger partial charge in [-0.3, -0.25) is 23.9 Å². The average molecular weight is 368 g/mol. The van der Waals surface area contributed by atoms with Crippen molar-refractivity contribution >= 4 is 29.5 Å². The van der Waals surface area contributed by atoms with Gasteiger partial charge in [-0.05, 0) is 44.2 Å². The molecule has 1 aliphatic carbocycles. The lowest BCUT2D eigenvalue weighted by atomic mass is 10.0. The van der Waals surface area contributed by atoms with E-state index in [4.69, 9.17) is 15.0 Å². The van der Waals surface area contributed by atoms with Gasteiger partial charge in [-0.2, -0.15) is 0 Å². The van der Waals surface area contributed by atoms with Gasteiger partial charge in [0.2, 0.25) is 0 Å². The smallest absolute Gasteiger partial charge is 0.320 e. The van der Waals surface area contributed by atoms with Crippen LogP contribution in [-0.2, 0) is 13.8 Å². The monoisotopic (exact) mass is 368 g/mol. The number of hydrogen-bond acceptors (Lipinski definition) is 7. The lowest BCUT2D eigenvalue weighted by Crippen LogP contribution is -2.33. The highest BCUT2D eigenvalue weighted by molar-refractivity contribution is 7.94. The van der Waals surface area contributed by atoms with Crippen molar-refractivity contribution in [2.75, 3.05) is 0 Å². The van der Waals surface area contributed by atoms with Crippen LogP contribution in [0.25, 0.3) is 0 Å². The lowest BCUT2D eigenvalue weighted by molar-refractivity contribution is -0.387. The number of aryl methyl sites for hydroxylation is 1. The Hall–Kier alpha value is -1.97. The molecule has 25 heavy (non-hydrogen) atoms. The number of benzene rings is 1. The molecule has 0 amide bonds. The van der Waals surface area contributed by atoms with Gasteiger partial charge < -0.3 is 10.8 Å². The van der Waals surface area contributed by atoms with Crippen LogP contribution in [0.1, 0.15) is 31.2 Å². The van der Waals surface area contributed by atoms with Crippen LogP contribution in [0.4, 0.5) is 5.69 Å². The second kappa shape index (κ2) is 8.41. The van der Waals surface area contributed by atoms with Gasteiger partial charge in [0, 0.05) is 24.0 Å². The number of nitrogens with two attached hydrogens (primary N) is 1. The minimum atomic E-state index is -1.14. The Kier molecular flexibility index (Phi) is 6.51. The topological polar surface area (TPSA) is 133 Å². The van der Waals surface area contributed by atoms with Crippen molar-refractivity contribution in [1.82, 2.24) is 0 Å². The van der Waals surface area contributed by atoms with Crippen LogP contribution in [-0.4, -0.2) is 33.9 Å². The Labute approximate surface area is 149 Å². The summed E-state index contributed by atoms with van der Waals surface area (Å²) in [7, 11) is 0. The number of carbonyl (C=O) groups excluding carboxylic acids is 1. The van der Waals surface area contributed by atoms with E-state index in [0.29, 0.717) is 4.90 Å². The third-order valence-corrected chi connectivity index (χ3v) is 4.76. The van der Waals surface area contributed by atoms with Crippen molar-refractivity contribution < 1.29 is 23.8 Å². The van der Waals surface area contributed by atoms with E-state index in [0.717, 1.165) is 30.4 Å². The summed E-state index contributed by atoms with van der Waals surface area (Å²) in [4.78, 5) is 34.1. The first kappa shape index (κ1) is 19.4. The molecule has 0 aromatic heterocycles. The van der Waals surface area contributed by atoms with E-state index < -0.39 is 23.0 Å². The Balaban J connectivity index is 2.06. The van der Waals surface area contributed by atoms with Gasteiger partial charge in [-0.15, -0.1) is 0 Å². The number of carboxylic acids is 1. The Morgan fingerprint density at radius 3 is 2.68 bits per heavy atom. The van der Waals surface area contributed by atoms with Crippen molar-refractivity contribution in [2.24, 2.45) is 11.7 Å².